The predicted octanol–water partition coefficient (Wildman–Crippen LogP) is 5.59. The second-order valence-corrected chi connectivity index (χ2v) is 7.88. The molecule has 0 radical (unpaired) electrons. The van der Waals surface area contributed by atoms with E-state index in [0.717, 1.165) is 11.1 Å². The molecule has 0 fully saturated rings. The summed E-state index contributed by atoms with van der Waals surface area (Å²) in [5, 5.41) is 8.40. The SMILES string of the molecule is Cc1cc(-c2nnc(Br)o2)nc2c(C(C)(C)C)cc(OCC(F)(F)F)cc12. The molecular weight excluding hydrogens is 427 g/mol. The molecule has 2 heterocycles. The monoisotopic (exact) mass is 443 g/mol. The first-order chi connectivity index (χ1) is 12.4. The van der Waals surface area contributed by atoms with Gasteiger partial charge in [-0.3, -0.25) is 0 Å². The summed E-state index contributed by atoms with van der Waals surface area (Å²) < 4.78 is 48.0. The van der Waals surface area contributed by atoms with E-state index in [4.69, 9.17) is 9.15 Å². The van der Waals surface area contributed by atoms with E-state index in [-0.39, 0.29) is 21.9 Å². The maximum atomic E-state index is 12.5. The van der Waals surface area contributed by atoms with E-state index < -0.39 is 12.8 Å². The molecule has 0 aliphatic rings. The smallest absolute Gasteiger partial charge is 0.422 e. The lowest BCUT2D eigenvalue weighted by atomic mass is 9.84. The summed E-state index contributed by atoms with van der Waals surface area (Å²) in [7, 11) is 0. The summed E-state index contributed by atoms with van der Waals surface area (Å²) in [6.45, 7) is 6.38. The van der Waals surface area contributed by atoms with Crippen LogP contribution in [0.3, 0.4) is 0 Å². The molecule has 144 valence electrons. The second-order valence-electron chi connectivity index (χ2n) is 7.21. The van der Waals surface area contributed by atoms with Gasteiger partial charge in [-0.05, 0) is 41.7 Å². The maximum absolute atomic E-state index is 12.5. The Bertz CT molecular complexity index is 994. The molecule has 0 aliphatic carbocycles. The maximum Gasteiger partial charge on any atom is 0.422 e. The van der Waals surface area contributed by atoms with Gasteiger partial charge in [-0.25, -0.2) is 4.98 Å². The van der Waals surface area contributed by atoms with Crippen molar-refractivity contribution in [2.24, 2.45) is 0 Å². The Morgan fingerprint density at radius 3 is 2.37 bits per heavy atom. The molecule has 3 aromatic rings. The van der Waals surface area contributed by atoms with Gasteiger partial charge in [0, 0.05) is 21.3 Å². The van der Waals surface area contributed by atoms with Gasteiger partial charge in [0.2, 0.25) is 0 Å². The highest BCUT2D eigenvalue weighted by atomic mass is 79.9. The number of rotatable bonds is 3. The Morgan fingerprint density at radius 2 is 1.81 bits per heavy atom. The number of aromatic nitrogens is 3. The van der Waals surface area contributed by atoms with Crippen LogP contribution in [0, 0.1) is 6.92 Å². The number of halogens is 4. The lowest BCUT2D eigenvalue weighted by Gasteiger charge is -2.23. The molecule has 5 nitrogen and oxygen atoms in total. The summed E-state index contributed by atoms with van der Waals surface area (Å²) in [6, 6.07) is 4.93. The third kappa shape index (κ3) is 4.40. The summed E-state index contributed by atoms with van der Waals surface area (Å²) in [5.41, 5.74) is 2.36. The third-order valence-electron chi connectivity index (χ3n) is 3.92. The van der Waals surface area contributed by atoms with E-state index in [1.165, 1.54) is 0 Å². The fourth-order valence-electron chi connectivity index (χ4n) is 2.70. The number of pyridine rings is 1. The van der Waals surface area contributed by atoms with Crippen molar-refractivity contribution in [1.29, 1.82) is 0 Å². The number of hydrogen-bond donors (Lipinski definition) is 0. The van der Waals surface area contributed by atoms with Crippen LogP contribution in [0.25, 0.3) is 22.5 Å². The van der Waals surface area contributed by atoms with Crippen molar-refractivity contribution in [3.8, 4) is 17.3 Å². The Balaban J connectivity index is 2.19. The standard InChI is InChI=1S/C18H17BrF3N3O2/c1-9-5-13(15-24-25-16(19)27-15)23-14-11(9)6-10(26-8-18(20,21)22)7-12(14)17(2,3)4/h5-7H,8H2,1-4H3. The topological polar surface area (TPSA) is 61.0 Å². The zero-order valence-electron chi connectivity index (χ0n) is 15.1. The number of fused-ring (bicyclic) bond motifs is 1. The minimum atomic E-state index is -4.40. The molecule has 0 saturated carbocycles. The molecule has 0 amide bonds. The van der Waals surface area contributed by atoms with E-state index in [1.807, 2.05) is 27.7 Å². The van der Waals surface area contributed by atoms with E-state index in [9.17, 15) is 13.2 Å². The summed E-state index contributed by atoms with van der Waals surface area (Å²) in [5.74, 6) is 0.409. The first kappa shape index (κ1) is 19.6. The van der Waals surface area contributed by atoms with Crippen molar-refractivity contribution in [3.05, 3.63) is 34.1 Å². The Labute approximate surface area is 162 Å². The van der Waals surface area contributed by atoms with Crippen LogP contribution in [0.2, 0.25) is 0 Å². The van der Waals surface area contributed by atoms with Gasteiger partial charge in [0.1, 0.15) is 11.4 Å². The zero-order valence-corrected chi connectivity index (χ0v) is 16.7. The molecule has 1 aromatic carbocycles. The van der Waals surface area contributed by atoms with Crippen LogP contribution >= 0.6 is 15.9 Å². The van der Waals surface area contributed by atoms with Crippen molar-refractivity contribution < 1.29 is 22.3 Å². The molecule has 0 spiro atoms. The molecule has 0 unspecified atom stereocenters. The van der Waals surface area contributed by atoms with Crippen LogP contribution in [0.1, 0.15) is 31.9 Å². The molecule has 0 bridgehead atoms. The highest BCUT2D eigenvalue weighted by Crippen LogP contribution is 2.36. The summed E-state index contributed by atoms with van der Waals surface area (Å²) in [6.07, 6.45) is -4.40. The van der Waals surface area contributed by atoms with Gasteiger partial charge in [-0.1, -0.05) is 20.8 Å². The lowest BCUT2D eigenvalue weighted by molar-refractivity contribution is -0.153. The van der Waals surface area contributed by atoms with E-state index in [0.29, 0.717) is 16.6 Å². The Kier molecular flexibility index (Phi) is 4.92. The van der Waals surface area contributed by atoms with Crippen molar-refractivity contribution in [2.75, 3.05) is 6.61 Å². The highest BCUT2D eigenvalue weighted by Gasteiger charge is 2.29. The first-order valence-corrected chi connectivity index (χ1v) is 8.88. The largest absolute Gasteiger partial charge is 0.484 e. The summed E-state index contributed by atoms with van der Waals surface area (Å²) in [4.78, 5) is 4.88. The molecule has 0 N–H and O–H groups in total. The van der Waals surface area contributed by atoms with Crippen molar-refractivity contribution >= 4 is 26.8 Å². The fourth-order valence-corrected chi connectivity index (χ4v) is 2.94. The molecular formula is C18H17BrF3N3O2. The lowest BCUT2D eigenvalue weighted by Crippen LogP contribution is -2.20. The average Bonchev–Trinajstić information content (AvgIpc) is 2.97. The molecule has 27 heavy (non-hydrogen) atoms. The average molecular weight is 444 g/mol. The molecule has 2 aromatic heterocycles. The van der Waals surface area contributed by atoms with Crippen LogP contribution in [-0.4, -0.2) is 28.0 Å². The van der Waals surface area contributed by atoms with Gasteiger partial charge in [0.05, 0.1) is 5.52 Å². The van der Waals surface area contributed by atoms with Crippen LogP contribution < -0.4 is 4.74 Å². The third-order valence-corrected chi connectivity index (χ3v) is 4.24. The Hall–Kier alpha value is -2.16. The fraction of sp³-hybridized carbons (Fsp3) is 0.389. The van der Waals surface area contributed by atoms with Crippen molar-refractivity contribution in [1.82, 2.24) is 15.2 Å². The number of ether oxygens (including phenoxy) is 1. The van der Waals surface area contributed by atoms with Crippen LogP contribution in [0.5, 0.6) is 5.75 Å². The van der Waals surface area contributed by atoms with Crippen LogP contribution in [0.15, 0.2) is 27.4 Å². The number of hydrogen-bond acceptors (Lipinski definition) is 5. The number of benzene rings is 1. The van der Waals surface area contributed by atoms with E-state index in [2.05, 4.69) is 31.1 Å². The number of nitrogens with zero attached hydrogens (tertiary/aromatic N) is 3. The van der Waals surface area contributed by atoms with Crippen molar-refractivity contribution in [2.45, 2.75) is 39.3 Å². The second kappa shape index (κ2) is 6.78. The highest BCUT2D eigenvalue weighted by molar-refractivity contribution is 9.10. The van der Waals surface area contributed by atoms with Gasteiger partial charge in [-0.2, -0.15) is 13.2 Å². The summed E-state index contributed by atoms with van der Waals surface area (Å²) >= 11 is 3.11. The van der Waals surface area contributed by atoms with Crippen LogP contribution in [-0.2, 0) is 5.41 Å². The quantitative estimate of drug-likeness (QED) is 0.527. The minimum Gasteiger partial charge on any atom is -0.484 e. The van der Waals surface area contributed by atoms with Gasteiger partial charge >= 0.3 is 6.18 Å². The molecule has 3 rings (SSSR count). The molecule has 9 heteroatoms. The molecule has 0 saturated heterocycles. The minimum absolute atomic E-state index is 0.155. The number of alkyl halides is 3. The van der Waals surface area contributed by atoms with Gasteiger partial charge in [0.25, 0.3) is 10.7 Å². The molecule has 0 aliphatic heterocycles. The molecule has 0 atom stereocenters. The van der Waals surface area contributed by atoms with Crippen LogP contribution in [0.4, 0.5) is 13.2 Å². The van der Waals surface area contributed by atoms with Crippen molar-refractivity contribution in [3.63, 3.8) is 0 Å². The van der Waals surface area contributed by atoms with E-state index in [1.54, 1.807) is 18.2 Å². The zero-order chi connectivity index (χ0) is 20.0. The van der Waals surface area contributed by atoms with Gasteiger partial charge < -0.3 is 9.15 Å². The van der Waals surface area contributed by atoms with E-state index >= 15 is 0 Å². The van der Waals surface area contributed by atoms with Gasteiger partial charge in [0.15, 0.2) is 6.61 Å². The normalized spacial score (nSPS) is 12.6. The first-order valence-electron chi connectivity index (χ1n) is 8.09. The predicted molar refractivity (Wildman–Crippen MR) is 97.7 cm³/mol. The number of aryl methyl sites for hydroxylation is 1. The van der Waals surface area contributed by atoms with Gasteiger partial charge in [-0.15, -0.1) is 10.2 Å². The Morgan fingerprint density at radius 1 is 1.11 bits per heavy atom.